The van der Waals surface area contributed by atoms with Crippen molar-refractivity contribution < 1.29 is 9.47 Å². The van der Waals surface area contributed by atoms with E-state index in [1.54, 1.807) is 13.8 Å². The van der Waals surface area contributed by atoms with Crippen molar-refractivity contribution in [2.45, 2.75) is 26.9 Å². The van der Waals surface area contributed by atoms with Crippen LogP contribution in [0.3, 0.4) is 0 Å². The lowest BCUT2D eigenvalue weighted by Gasteiger charge is -2.11. The lowest BCUT2D eigenvalue weighted by molar-refractivity contribution is 0.214. The summed E-state index contributed by atoms with van der Waals surface area (Å²) in [6.07, 6.45) is 2.73. The standard InChI is InChI=1S/C14H16Cl2N4O4/c1-3-19-13(21)11(15)9(7-17-19)23-5-6-24-10-8-18-20(4-2)14(22)12(10)16/h7-8H,3-6H2,1-2H3. The number of halogens is 2. The van der Waals surface area contributed by atoms with Crippen molar-refractivity contribution in [3.05, 3.63) is 43.1 Å². The highest BCUT2D eigenvalue weighted by Crippen LogP contribution is 2.20. The van der Waals surface area contributed by atoms with E-state index in [0.717, 1.165) is 0 Å². The summed E-state index contributed by atoms with van der Waals surface area (Å²) in [4.78, 5) is 23.6. The molecule has 0 unspecified atom stereocenters. The molecule has 0 N–H and O–H groups in total. The molecule has 0 aliphatic heterocycles. The first-order valence-corrected chi connectivity index (χ1v) is 8.02. The van der Waals surface area contributed by atoms with Crippen LogP contribution in [-0.2, 0) is 13.1 Å². The number of aromatic nitrogens is 4. The SMILES string of the molecule is CCn1ncc(OCCOc2cnn(CC)c(=O)c2Cl)c(Cl)c1=O. The molecule has 0 radical (unpaired) electrons. The zero-order chi connectivity index (χ0) is 17.7. The van der Waals surface area contributed by atoms with Crippen LogP contribution in [0.1, 0.15) is 13.8 Å². The third kappa shape index (κ3) is 3.88. The van der Waals surface area contributed by atoms with E-state index < -0.39 is 11.1 Å². The Morgan fingerprint density at radius 3 is 1.58 bits per heavy atom. The van der Waals surface area contributed by atoms with Crippen LogP contribution in [0.15, 0.2) is 22.0 Å². The Morgan fingerprint density at radius 1 is 0.875 bits per heavy atom. The highest BCUT2D eigenvalue weighted by molar-refractivity contribution is 6.32. The highest BCUT2D eigenvalue weighted by Gasteiger charge is 2.11. The van der Waals surface area contributed by atoms with Crippen LogP contribution in [0.25, 0.3) is 0 Å². The maximum Gasteiger partial charge on any atom is 0.289 e. The molecule has 0 aliphatic rings. The van der Waals surface area contributed by atoms with Gasteiger partial charge in [-0.05, 0) is 13.8 Å². The van der Waals surface area contributed by atoms with E-state index in [0.29, 0.717) is 13.1 Å². The van der Waals surface area contributed by atoms with Crippen LogP contribution in [0.4, 0.5) is 0 Å². The van der Waals surface area contributed by atoms with E-state index in [1.807, 2.05) is 0 Å². The van der Waals surface area contributed by atoms with Crippen molar-refractivity contribution in [3.8, 4) is 11.5 Å². The van der Waals surface area contributed by atoms with E-state index in [4.69, 9.17) is 32.7 Å². The lowest BCUT2D eigenvalue weighted by atomic mass is 10.5. The van der Waals surface area contributed by atoms with Crippen molar-refractivity contribution in [1.29, 1.82) is 0 Å². The van der Waals surface area contributed by atoms with E-state index >= 15 is 0 Å². The monoisotopic (exact) mass is 374 g/mol. The van der Waals surface area contributed by atoms with Gasteiger partial charge in [0.25, 0.3) is 11.1 Å². The first-order chi connectivity index (χ1) is 11.5. The van der Waals surface area contributed by atoms with Crippen LogP contribution < -0.4 is 20.6 Å². The van der Waals surface area contributed by atoms with Gasteiger partial charge in [-0.25, -0.2) is 9.36 Å². The number of ether oxygens (including phenoxy) is 2. The van der Waals surface area contributed by atoms with Gasteiger partial charge in [0.15, 0.2) is 21.5 Å². The summed E-state index contributed by atoms with van der Waals surface area (Å²) < 4.78 is 13.2. The molecule has 2 heterocycles. The maximum absolute atomic E-state index is 11.8. The molecule has 0 bridgehead atoms. The molecule has 0 aliphatic carbocycles. The molecule has 0 atom stereocenters. The normalized spacial score (nSPS) is 10.7. The fraction of sp³-hybridized carbons (Fsp3) is 0.429. The molecule has 0 aromatic carbocycles. The predicted molar refractivity (Wildman–Crippen MR) is 89.4 cm³/mol. The van der Waals surface area contributed by atoms with Crippen LogP contribution in [0.2, 0.25) is 10.0 Å². The van der Waals surface area contributed by atoms with Crippen molar-refractivity contribution in [1.82, 2.24) is 19.6 Å². The third-order valence-corrected chi connectivity index (χ3v) is 3.80. The Morgan fingerprint density at radius 2 is 1.25 bits per heavy atom. The summed E-state index contributed by atoms with van der Waals surface area (Å²) in [5.74, 6) is 0.334. The average molecular weight is 375 g/mol. The molecule has 0 fully saturated rings. The van der Waals surface area contributed by atoms with Gasteiger partial charge in [0, 0.05) is 13.1 Å². The van der Waals surface area contributed by atoms with Gasteiger partial charge >= 0.3 is 0 Å². The Kier molecular flexibility index (Phi) is 6.22. The van der Waals surface area contributed by atoms with Gasteiger partial charge in [0.2, 0.25) is 0 Å². The third-order valence-electron chi connectivity index (χ3n) is 3.10. The van der Waals surface area contributed by atoms with Crippen molar-refractivity contribution in [2.75, 3.05) is 13.2 Å². The summed E-state index contributed by atoms with van der Waals surface area (Å²) >= 11 is 11.9. The van der Waals surface area contributed by atoms with Gasteiger partial charge in [-0.3, -0.25) is 9.59 Å². The molecule has 0 spiro atoms. The second-order valence-electron chi connectivity index (χ2n) is 4.58. The smallest absolute Gasteiger partial charge is 0.289 e. The highest BCUT2D eigenvalue weighted by atomic mass is 35.5. The minimum absolute atomic E-state index is 0.0444. The molecule has 2 aromatic rings. The second-order valence-corrected chi connectivity index (χ2v) is 5.34. The zero-order valence-corrected chi connectivity index (χ0v) is 14.7. The van der Waals surface area contributed by atoms with Gasteiger partial charge in [0.05, 0.1) is 12.4 Å². The summed E-state index contributed by atoms with van der Waals surface area (Å²) in [5, 5.41) is 7.75. The number of aryl methyl sites for hydroxylation is 2. The van der Waals surface area contributed by atoms with E-state index in [1.165, 1.54) is 21.8 Å². The molecule has 0 amide bonds. The Hall–Kier alpha value is -2.06. The molecule has 0 saturated carbocycles. The van der Waals surface area contributed by atoms with Crippen LogP contribution in [0.5, 0.6) is 11.5 Å². The topological polar surface area (TPSA) is 88.2 Å². The quantitative estimate of drug-likeness (QED) is 0.684. The fourth-order valence-electron chi connectivity index (χ4n) is 1.85. The van der Waals surface area contributed by atoms with E-state index in [2.05, 4.69) is 10.2 Å². The van der Waals surface area contributed by atoms with Gasteiger partial charge < -0.3 is 9.47 Å². The molecular formula is C14H16Cl2N4O4. The van der Waals surface area contributed by atoms with Gasteiger partial charge in [-0.1, -0.05) is 23.2 Å². The summed E-state index contributed by atoms with van der Waals surface area (Å²) in [6.45, 7) is 4.56. The Bertz CT molecular complexity index is 765. The maximum atomic E-state index is 11.8. The minimum atomic E-state index is -0.423. The van der Waals surface area contributed by atoms with E-state index in [-0.39, 0.29) is 34.8 Å². The first-order valence-electron chi connectivity index (χ1n) is 7.26. The van der Waals surface area contributed by atoms with Crippen molar-refractivity contribution >= 4 is 23.2 Å². The molecule has 2 rings (SSSR count). The molecular weight excluding hydrogens is 359 g/mol. The van der Waals surface area contributed by atoms with Gasteiger partial charge in [-0.15, -0.1) is 0 Å². The molecule has 0 saturated heterocycles. The average Bonchev–Trinajstić information content (AvgIpc) is 2.59. The molecule has 2 aromatic heterocycles. The number of nitrogens with zero attached hydrogens (tertiary/aromatic N) is 4. The largest absolute Gasteiger partial charge is 0.487 e. The number of hydrogen-bond acceptors (Lipinski definition) is 6. The molecule has 24 heavy (non-hydrogen) atoms. The summed E-state index contributed by atoms with van der Waals surface area (Å²) in [6, 6.07) is 0. The minimum Gasteiger partial charge on any atom is -0.487 e. The van der Waals surface area contributed by atoms with Gasteiger partial charge in [-0.2, -0.15) is 10.2 Å². The van der Waals surface area contributed by atoms with E-state index in [9.17, 15) is 9.59 Å². The van der Waals surface area contributed by atoms with Crippen LogP contribution >= 0.6 is 23.2 Å². The molecule has 10 heteroatoms. The summed E-state index contributed by atoms with van der Waals surface area (Å²) in [5.41, 5.74) is -0.846. The van der Waals surface area contributed by atoms with Crippen molar-refractivity contribution in [3.63, 3.8) is 0 Å². The molecule has 130 valence electrons. The van der Waals surface area contributed by atoms with Gasteiger partial charge in [0.1, 0.15) is 13.2 Å². The zero-order valence-electron chi connectivity index (χ0n) is 13.2. The fourth-order valence-corrected chi connectivity index (χ4v) is 2.26. The Labute approximate surface area is 147 Å². The first kappa shape index (κ1) is 18.3. The second kappa shape index (κ2) is 8.16. The summed E-state index contributed by atoms with van der Waals surface area (Å²) in [7, 11) is 0. The van der Waals surface area contributed by atoms with Crippen LogP contribution in [0, 0.1) is 0 Å². The lowest BCUT2D eigenvalue weighted by Crippen LogP contribution is -2.24. The Balaban J connectivity index is 1.97. The molecule has 8 nitrogen and oxygen atoms in total. The number of hydrogen-bond donors (Lipinski definition) is 0. The van der Waals surface area contributed by atoms with Crippen molar-refractivity contribution in [2.24, 2.45) is 0 Å². The number of rotatable bonds is 7. The predicted octanol–water partition coefficient (Wildman–Crippen LogP) is 1.60. The van der Waals surface area contributed by atoms with Crippen LogP contribution in [-0.4, -0.2) is 32.8 Å².